The van der Waals surface area contributed by atoms with E-state index in [0.717, 1.165) is 18.5 Å². The number of unbranched alkanes of at least 4 members (excludes halogenated alkanes) is 3. The van der Waals surface area contributed by atoms with Gasteiger partial charge in [0.05, 0.1) is 0 Å². The molecule has 1 heterocycles. The van der Waals surface area contributed by atoms with Gasteiger partial charge in [0.15, 0.2) is 0 Å². The fraction of sp³-hybridized carbons (Fsp3) is 0.556. The lowest BCUT2D eigenvalue weighted by molar-refractivity contribution is 0.0953. The number of likely N-dealkylation sites (tertiary alicyclic amines) is 1. The molecule has 3 heteroatoms. The van der Waals surface area contributed by atoms with Gasteiger partial charge in [-0.25, -0.2) is 0 Å². The van der Waals surface area contributed by atoms with Gasteiger partial charge in [0.2, 0.25) is 0 Å². The summed E-state index contributed by atoms with van der Waals surface area (Å²) in [6, 6.07) is 9.43. The van der Waals surface area contributed by atoms with E-state index in [4.69, 9.17) is 0 Å². The van der Waals surface area contributed by atoms with Gasteiger partial charge in [0.25, 0.3) is 5.91 Å². The summed E-state index contributed by atoms with van der Waals surface area (Å²) in [6.45, 7) is 4.51. The molecule has 0 spiro atoms. The van der Waals surface area contributed by atoms with Crippen molar-refractivity contribution >= 4 is 5.91 Å². The SMILES string of the molecule is O=C(NCCCCCCN1CC[CH]CC1)c1ccccc1. The number of piperidine rings is 1. The number of nitrogens with zero attached hydrogens (tertiary/aromatic N) is 1. The number of carbonyl (C=O) groups is 1. The monoisotopic (exact) mass is 287 g/mol. The van der Waals surface area contributed by atoms with Crippen LogP contribution in [0.3, 0.4) is 0 Å². The first-order valence-electron chi connectivity index (χ1n) is 8.23. The summed E-state index contributed by atoms with van der Waals surface area (Å²) in [5, 5.41) is 2.99. The highest BCUT2D eigenvalue weighted by atomic mass is 16.1. The van der Waals surface area contributed by atoms with Crippen LogP contribution in [0.4, 0.5) is 0 Å². The Bertz CT molecular complexity index is 399. The van der Waals surface area contributed by atoms with E-state index in [1.54, 1.807) is 0 Å². The van der Waals surface area contributed by atoms with E-state index in [1.165, 1.54) is 51.7 Å². The molecule has 0 aliphatic carbocycles. The first-order valence-corrected chi connectivity index (χ1v) is 8.23. The molecule has 1 aromatic rings. The molecule has 0 aromatic heterocycles. The van der Waals surface area contributed by atoms with Crippen molar-refractivity contribution in [2.45, 2.75) is 38.5 Å². The van der Waals surface area contributed by atoms with Gasteiger partial charge < -0.3 is 10.2 Å². The molecule has 1 radical (unpaired) electrons. The Hall–Kier alpha value is -1.35. The molecular formula is C18H27N2O. The van der Waals surface area contributed by atoms with Gasteiger partial charge in [-0.2, -0.15) is 0 Å². The van der Waals surface area contributed by atoms with E-state index >= 15 is 0 Å². The van der Waals surface area contributed by atoms with Crippen LogP contribution in [-0.4, -0.2) is 37.0 Å². The number of hydrogen-bond donors (Lipinski definition) is 1. The molecule has 0 bridgehead atoms. The molecule has 1 aliphatic rings. The van der Waals surface area contributed by atoms with E-state index in [0.29, 0.717) is 0 Å². The van der Waals surface area contributed by atoms with Crippen molar-refractivity contribution in [2.75, 3.05) is 26.2 Å². The Morgan fingerprint density at radius 3 is 2.48 bits per heavy atom. The molecule has 1 aliphatic heterocycles. The normalized spacial score (nSPS) is 15.8. The van der Waals surface area contributed by atoms with Crippen molar-refractivity contribution in [1.29, 1.82) is 0 Å². The Morgan fingerprint density at radius 1 is 1.00 bits per heavy atom. The lowest BCUT2D eigenvalue weighted by Gasteiger charge is -2.26. The highest BCUT2D eigenvalue weighted by molar-refractivity contribution is 5.94. The van der Waals surface area contributed by atoms with Gasteiger partial charge in [0, 0.05) is 12.1 Å². The maximum atomic E-state index is 11.8. The summed E-state index contributed by atoms with van der Waals surface area (Å²) in [5.41, 5.74) is 0.749. The summed E-state index contributed by atoms with van der Waals surface area (Å²) in [4.78, 5) is 14.4. The molecule has 115 valence electrons. The summed E-state index contributed by atoms with van der Waals surface area (Å²) >= 11 is 0. The molecule has 1 fully saturated rings. The zero-order chi connectivity index (χ0) is 14.8. The van der Waals surface area contributed by atoms with Crippen molar-refractivity contribution < 1.29 is 4.79 Å². The smallest absolute Gasteiger partial charge is 0.251 e. The molecule has 1 amide bonds. The Morgan fingerprint density at radius 2 is 1.71 bits per heavy atom. The molecule has 1 aromatic carbocycles. The highest BCUT2D eigenvalue weighted by Crippen LogP contribution is 2.09. The van der Waals surface area contributed by atoms with Crippen molar-refractivity contribution in [3.63, 3.8) is 0 Å². The first kappa shape index (κ1) is 16.0. The minimum atomic E-state index is 0.0418. The third-order valence-electron chi connectivity index (χ3n) is 4.02. The summed E-state index contributed by atoms with van der Waals surface area (Å²) in [6.07, 6.45) is 9.73. The maximum Gasteiger partial charge on any atom is 0.251 e. The molecule has 0 unspecified atom stereocenters. The van der Waals surface area contributed by atoms with E-state index in [1.807, 2.05) is 30.3 Å². The molecule has 3 nitrogen and oxygen atoms in total. The van der Waals surface area contributed by atoms with Crippen LogP contribution in [0, 0.1) is 6.42 Å². The molecule has 1 saturated heterocycles. The molecule has 0 atom stereocenters. The van der Waals surface area contributed by atoms with Crippen LogP contribution in [0.2, 0.25) is 0 Å². The quantitative estimate of drug-likeness (QED) is 0.744. The Balaban J connectivity index is 1.45. The molecule has 2 rings (SSSR count). The zero-order valence-corrected chi connectivity index (χ0v) is 12.9. The summed E-state index contributed by atoms with van der Waals surface area (Å²) in [5.74, 6) is 0.0418. The van der Waals surface area contributed by atoms with E-state index in [2.05, 4.69) is 16.6 Å². The van der Waals surface area contributed by atoms with Crippen molar-refractivity contribution in [1.82, 2.24) is 10.2 Å². The fourth-order valence-corrected chi connectivity index (χ4v) is 2.73. The molecule has 1 N–H and O–H groups in total. The minimum Gasteiger partial charge on any atom is -0.352 e. The summed E-state index contributed by atoms with van der Waals surface area (Å²) in [7, 11) is 0. The van der Waals surface area contributed by atoms with Gasteiger partial charge in [-0.3, -0.25) is 4.79 Å². The standard InChI is InChI=1S/C18H27N2O/c21-18(17-11-5-3-6-12-17)19-13-7-1-2-8-14-20-15-9-4-10-16-20/h3-6,11-12H,1-2,7-10,13-16H2,(H,19,21). The van der Waals surface area contributed by atoms with Gasteiger partial charge in [0.1, 0.15) is 0 Å². The van der Waals surface area contributed by atoms with Gasteiger partial charge in [-0.1, -0.05) is 31.0 Å². The highest BCUT2D eigenvalue weighted by Gasteiger charge is 2.08. The second kappa shape index (κ2) is 9.56. The van der Waals surface area contributed by atoms with E-state index in [-0.39, 0.29) is 5.91 Å². The Labute approximate surface area is 128 Å². The maximum absolute atomic E-state index is 11.8. The van der Waals surface area contributed by atoms with Crippen molar-refractivity contribution in [3.8, 4) is 0 Å². The van der Waals surface area contributed by atoms with Crippen LogP contribution in [0.25, 0.3) is 0 Å². The van der Waals surface area contributed by atoms with Crippen LogP contribution in [-0.2, 0) is 0 Å². The third-order valence-corrected chi connectivity index (χ3v) is 4.02. The number of amides is 1. The number of benzene rings is 1. The predicted octanol–water partition coefficient (Wildman–Crippen LogP) is 3.28. The fourth-order valence-electron chi connectivity index (χ4n) is 2.73. The van der Waals surface area contributed by atoms with Crippen LogP contribution in [0.15, 0.2) is 30.3 Å². The zero-order valence-electron chi connectivity index (χ0n) is 12.9. The average molecular weight is 287 g/mol. The van der Waals surface area contributed by atoms with Crippen LogP contribution < -0.4 is 5.32 Å². The van der Waals surface area contributed by atoms with Crippen molar-refractivity contribution in [3.05, 3.63) is 42.3 Å². The summed E-state index contributed by atoms with van der Waals surface area (Å²) < 4.78 is 0. The number of nitrogens with one attached hydrogen (secondary N) is 1. The first-order chi connectivity index (χ1) is 10.4. The van der Waals surface area contributed by atoms with Crippen LogP contribution >= 0.6 is 0 Å². The van der Waals surface area contributed by atoms with Gasteiger partial charge in [-0.05, 0) is 63.9 Å². The van der Waals surface area contributed by atoms with Gasteiger partial charge >= 0.3 is 0 Å². The second-order valence-corrected chi connectivity index (χ2v) is 5.74. The van der Waals surface area contributed by atoms with Crippen LogP contribution in [0.1, 0.15) is 48.9 Å². The number of rotatable bonds is 8. The van der Waals surface area contributed by atoms with Gasteiger partial charge in [-0.15, -0.1) is 0 Å². The minimum absolute atomic E-state index is 0.0418. The van der Waals surface area contributed by atoms with Crippen LogP contribution in [0.5, 0.6) is 0 Å². The number of carbonyl (C=O) groups excluding carboxylic acids is 1. The molecule has 0 saturated carbocycles. The molecule has 21 heavy (non-hydrogen) atoms. The lowest BCUT2D eigenvalue weighted by atomic mass is 10.1. The Kier molecular flexibility index (Phi) is 7.30. The molecular weight excluding hydrogens is 260 g/mol. The second-order valence-electron chi connectivity index (χ2n) is 5.74. The topological polar surface area (TPSA) is 32.3 Å². The predicted molar refractivity (Wildman–Crippen MR) is 87.2 cm³/mol. The van der Waals surface area contributed by atoms with E-state index < -0.39 is 0 Å². The largest absolute Gasteiger partial charge is 0.352 e. The average Bonchev–Trinajstić information content (AvgIpc) is 2.55. The van der Waals surface area contributed by atoms with E-state index in [9.17, 15) is 4.79 Å². The lowest BCUT2D eigenvalue weighted by Crippen LogP contribution is -2.30. The van der Waals surface area contributed by atoms with Crippen molar-refractivity contribution in [2.24, 2.45) is 0 Å². The number of hydrogen-bond acceptors (Lipinski definition) is 2. The third kappa shape index (κ3) is 6.30.